The Morgan fingerprint density at radius 1 is 1.31 bits per heavy atom. The molecule has 1 N–H and O–H groups in total. The third-order valence-corrected chi connectivity index (χ3v) is 3.66. The van der Waals surface area contributed by atoms with Crippen molar-refractivity contribution in [3.8, 4) is 0 Å². The largest absolute Gasteiger partial charge is 0.335 e. The molecule has 0 saturated heterocycles. The first-order valence-electron chi connectivity index (χ1n) is 6.76. The lowest BCUT2D eigenvalue weighted by Crippen LogP contribution is -2.48. The van der Waals surface area contributed by atoms with Gasteiger partial charge in [0.15, 0.2) is 0 Å². The number of carbonyl (C=O) groups excluding carboxylic acids is 1. The highest BCUT2D eigenvalue weighted by Gasteiger charge is 2.21. The molecule has 0 radical (unpaired) electrons. The van der Waals surface area contributed by atoms with Gasteiger partial charge >= 0.3 is 6.03 Å². The fraction of sp³-hybridized carbons (Fsp3) is 0.923. The van der Waals surface area contributed by atoms with Gasteiger partial charge in [0.05, 0.1) is 0 Å². The van der Waals surface area contributed by atoms with E-state index in [0.717, 1.165) is 25.8 Å². The number of hydrogen-bond donors (Lipinski definition) is 1. The smallest absolute Gasteiger partial charge is 0.317 e. The number of nitrogens with one attached hydrogen (secondary N) is 1. The molecule has 1 fully saturated rings. The maximum absolute atomic E-state index is 12.1. The lowest BCUT2D eigenvalue weighted by molar-refractivity contribution is 0.174. The Morgan fingerprint density at radius 2 is 1.94 bits per heavy atom. The summed E-state index contributed by atoms with van der Waals surface area (Å²) in [4.78, 5) is 14.0. The van der Waals surface area contributed by atoms with Gasteiger partial charge in [0.25, 0.3) is 0 Å². The summed E-state index contributed by atoms with van der Waals surface area (Å²) in [7, 11) is 0. The van der Waals surface area contributed by atoms with Crippen molar-refractivity contribution in [2.75, 3.05) is 6.54 Å². The second-order valence-electron chi connectivity index (χ2n) is 4.83. The molecule has 1 atom stereocenters. The zero-order chi connectivity index (χ0) is 12.0. The molecule has 0 aromatic rings. The standard InChI is InChI=1S/C13H26N2O/c1-4-11(3)15(5-2)13(16)14-12-9-7-6-8-10-12/h11-12H,4-10H2,1-3H3,(H,14,16). The number of amides is 2. The van der Waals surface area contributed by atoms with E-state index in [0.29, 0.717) is 12.1 Å². The molecule has 2 amide bonds. The average molecular weight is 226 g/mol. The Bertz CT molecular complexity index is 212. The van der Waals surface area contributed by atoms with Gasteiger partial charge in [0.2, 0.25) is 0 Å². The van der Waals surface area contributed by atoms with Gasteiger partial charge in [-0.1, -0.05) is 26.2 Å². The van der Waals surface area contributed by atoms with Gasteiger partial charge < -0.3 is 10.2 Å². The Morgan fingerprint density at radius 3 is 2.44 bits per heavy atom. The minimum Gasteiger partial charge on any atom is -0.335 e. The van der Waals surface area contributed by atoms with E-state index in [9.17, 15) is 4.79 Å². The van der Waals surface area contributed by atoms with Gasteiger partial charge in [-0.25, -0.2) is 4.79 Å². The molecule has 94 valence electrons. The van der Waals surface area contributed by atoms with Crippen LogP contribution in [0.25, 0.3) is 0 Å². The van der Waals surface area contributed by atoms with Crippen molar-refractivity contribution in [1.82, 2.24) is 10.2 Å². The molecule has 1 aliphatic rings. The Balaban J connectivity index is 2.41. The molecular weight excluding hydrogens is 200 g/mol. The van der Waals surface area contributed by atoms with Crippen LogP contribution in [0.1, 0.15) is 59.3 Å². The second kappa shape index (κ2) is 6.77. The highest BCUT2D eigenvalue weighted by Crippen LogP contribution is 2.17. The van der Waals surface area contributed by atoms with E-state index in [1.807, 2.05) is 11.8 Å². The molecule has 1 saturated carbocycles. The van der Waals surface area contributed by atoms with Crippen molar-refractivity contribution < 1.29 is 4.79 Å². The van der Waals surface area contributed by atoms with E-state index in [1.165, 1.54) is 19.3 Å². The maximum Gasteiger partial charge on any atom is 0.317 e. The van der Waals surface area contributed by atoms with Crippen LogP contribution in [0.2, 0.25) is 0 Å². The van der Waals surface area contributed by atoms with Crippen LogP contribution in [0, 0.1) is 0 Å². The van der Waals surface area contributed by atoms with Crippen LogP contribution in [0.15, 0.2) is 0 Å². The average Bonchev–Trinajstić information content (AvgIpc) is 2.31. The van der Waals surface area contributed by atoms with Gasteiger partial charge in [-0.15, -0.1) is 0 Å². The minimum atomic E-state index is 0.128. The van der Waals surface area contributed by atoms with E-state index < -0.39 is 0 Å². The highest BCUT2D eigenvalue weighted by molar-refractivity contribution is 5.74. The summed E-state index contributed by atoms with van der Waals surface area (Å²) >= 11 is 0. The van der Waals surface area contributed by atoms with Crippen LogP contribution in [-0.4, -0.2) is 29.6 Å². The van der Waals surface area contributed by atoms with Crippen LogP contribution in [0.5, 0.6) is 0 Å². The third kappa shape index (κ3) is 3.69. The van der Waals surface area contributed by atoms with Crippen molar-refractivity contribution >= 4 is 6.03 Å². The molecule has 3 heteroatoms. The monoisotopic (exact) mass is 226 g/mol. The topological polar surface area (TPSA) is 32.3 Å². The highest BCUT2D eigenvalue weighted by atomic mass is 16.2. The predicted molar refractivity (Wildman–Crippen MR) is 67.5 cm³/mol. The van der Waals surface area contributed by atoms with Gasteiger partial charge in [0.1, 0.15) is 0 Å². The molecule has 0 spiro atoms. The summed E-state index contributed by atoms with van der Waals surface area (Å²) in [6, 6.07) is 0.886. The van der Waals surface area contributed by atoms with Gasteiger partial charge in [0, 0.05) is 18.6 Å². The molecule has 0 aromatic heterocycles. The molecule has 1 aliphatic carbocycles. The summed E-state index contributed by atoms with van der Waals surface area (Å²) in [6.45, 7) is 7.09. The summed E-state index contributed by atoms with van der Waals surface area (Å²) in [5.74, 6) is 0. The van der Waals surface area contributed by atoms with Crippen LogP contribution in [0.3, 0.4) is 0 Å². The third-order valence-electron chi connectivity index (χ3n) is 3.66. The van der Waals surface area contributed by atoms with E-state index in [-0.39, 0.29) is 6.03 Å². The summed E-state index contributed by atoms with van der Waals surface area (Å²) in [5.41, 5.74) is 0. The quantitative estimate of drug-likeness (QED) is 0.784. The first-order valence-corrected chi connectivity index (χ1v) is 6.76. The fourth-order valence-corrected chi connectivity index (χ4v) is 2.38. The fourth-order valence-electron chi connectivity index (χ4n) is 2.38. The first kappa shape index (κ1) is 13.3. The van der Waals surface area contributed by atoms with E-state index in [2.05, 4.69) is 19.2 Å². The Hall–Kier alpha value is -0.730. The van der Waals surface area contributed by atoms with Crippen LogP contribution >= 0.6 is 0 Å². The van der Waals surface area contributed by atoms with Crippen molar-refractivity contribution in [3.63, 3.8) is 0 Å². The van der Waals surface area contributed by atoms with E-state index >= 15 is 0 Å². The molecule has 0 bridgehead atoms. The predicted octanol–water partition coefficient (Wildman–Crippen LogP) is 3.15. The zero-order valence-corrected chi connectivity index (χ0v) is 11.0. The van der Waals surface area contributed by atoms with Crippen LogP contribution in [0.4, 0.5) is 4.79 Å². The van der Waals surface area contributed by atoms with Crippen molar-refractivity contribution in [2.24, 2.45) is 0 Å². The molecule has 0 aromatic carbocycles. The molecule has 0 heterocycles. The summed E-state index contributed by atoms with van der Waals surface area (Å²) in [6.07, 6.45) is 7.19. The molecule has 16 heavy (non-hydrogen) atoms. The number of rotatable bonds is 4. The van der Waals surface area contributed by atoms with Gasteiger partial charge in [-0.3, -0.25) is 0 Å². The first-order chi connectivity index (χ1) is 7.69. The van der Waals surface area contributed by atoms with Gasteiger partial charge in [-0.2, -0.15) is 0 Å². The van der Waals surface area contributed by atoms with E-state index in [4.69, 9.17) is 0 Å². The Labute approximate surface area is 99.6 Å². The van der Waals surface area contributed by atoms with Crippen molar-refractivity contribution in [3.05, 3.63) is 0 Å². The molecule has 3 nitrogen and oxygen atoms in total. The minimum absolute atomic E-state index is 0.128. The van der Waals surface area contributed by atoms with E-state index in [1.54, 1.807) is 0 Å². The SMILES string of the molecule is CCC(C)N(CC)C(=O)NC1CCCCC1. The van der Waals surface area contributed by atoms with Gasteiger partial charge in [-0.05, 0) is 33.1 Å². The normalized spacial score (nSPS) is 19.2. The summed E-state index contributed by atoms with van der Waals surface area (Å²) in [5, 5.41) is 3.17. The van der Waals surface area contributed by atoms with Crippen molar-refractivity contribution in [1.29, 1.82) is 0 Å². The molecular formula is C13H26N2O. The number of urea groups is 1. The van der Waals surface area contributed by atoms with Crippen LogP contribution < -0.4 is 5.32 Å². The number of nitrogens with zero attached hydrogens (tertiary/aromatic N) is 1. The second-order valence-corrected chi connectivity index (χ2v) is 4.83. The maximum atomic E-state index is 12.1. The zero-order valence-electron chi connectivity index (χ0n) is 11.0. The lowest BCUT2D eigenvalue weighted by Gasteiger charge is -2.31. The molecule has 1 unspecified atom stereocenters. The number of hydrogen-bond acceptors (Lipinski definition) is 1. The van der Waals surface area contributed by atoms with Crippen molar-refractivity contribution in [2.45, 2.75) is 71.4 Å². The summed E-state index contributed by atoms with van der Waals surface area (Å²) < 4.78 is 0. The number of carbonyl (C=O) groups is 1. The van der Waals surface area contributed by atoms with Crippen LogP contribution in [-0.2, 0) is 0 Å². The Kier molecular flexibility index (Phi) is 5.64. The molecule has 1 rings (SSSR count). The lowest BCUT2D eigenvalue weighted by atomic mass is 9.96. The molecule has 0 aliphatic heterocycles.